The molecule has 40 heavy (non-hydrogen) atoms. The molecule has 8 heteroatoms. The van der Waals surface area contributed by atoms with Gasteiger partial charge in [0.25, 0.3) is 0 Å². The summed E-state index contributed by atoms with van der Waals surface area (Å²) < 4.78 is 37.1. The third kappa shape index (κ3) is 4.49. The third-order valence-electron chi connectivity index (χ3n) is 7.97. The molecule has 4 aromatic rings. The Kier molecular flexibility index (Phi) is 7.31. The first-order valence-electron chi connectivity index (χ1n) is 13.3. The van der Waals surface area contributed by atoms with E-state index in [1.54, 1.807) is 0 Å². The van der Waals surface area contributed by atoms with Gasteiger partial charge in [-0.25, -0.2) is 8.78 Å². The van der Waals surface area contributed by atoms with Crippen LogP contribution in [0.15, 0.2) is 30.5 Å². The van der Waals surface area contributed by atoms with Crippen molar-refractivity contribution in [2.75, 3.05) is 19.7 Å². The number of fused-ring (bicyclic) bond motifs is 3. The van der Waals surface area contributed by atoms with Gasteiger partial charge in [-0.2, -0.15) is 9.97 Å². The highest BCUT2D eigenvalue weighted by atomic mass is 19.1. The van der Waals surface area contributed by atoms with E-state index in [2.05, 4.69) is 38.6 Å². The number of phenols is 1. The van der Waals surface area contributed by atoms with Gasteiger partial charge in [-0.3, -0.25) is 9.88 Å². The maximum atomic E-state index is 16.3. The second kappa shape index (κ2) is 10.7. The lowest BCUT2D eigenvalue weighted by Gasteiger charge is -2.31. The Bertz CT molecular complexity index is 1670. The number of phenolic OH excluding ortho intramolecular Hbond substituents is 1. The molecule has 1 N–H and O–H groups in total. The van der Waals surface area contributed by atoms with Crippen molar-refractivity contribution in [3.8, 4) is 48.2 Å². The molecule has 6 rings (SSSR count). The normalized spacial score (nSPS) is 16.1. The van der Waals surface area contributed by atoms with Crippen LogP contribution in [0.2, 0.25) is 0 Å². The van der Waals surface area contributed by atoms with E-state index >= 15 is 4.39 Å². The largest absolute Gasteiger partial charge is 0.508 e. The first kappa shape index (κ1) is 27.3. The van der Waals surface area contributed by atoms with Crippen molar-refractivity contribution in [1.82, 2.24) is 19.9 Å². The molecule has 2 aliphatic rings. The number of hydrogen-bond donors (Lipinski definition) is 1. The van der Waals surface area contributed by atoms with Crippen molar-refractivity contribution < 1.29 is 18.6 Å². The van der Waals surface area contributed by atoms with Crippen LogP contribution in [0, 0.1) is 36.8 Å². The Morgan fingerprint density at radius 1 is 1.12 bits per heavy atom. The molecule has 0 amide bonds. The van der Waals surface area contributed by atoms with E-state index in [4.69, 9.17) is 11.2 Å². The van der Waals surface area contributed by atoms with Gasteiger partial charge in [0.05, 0.1) is 16.8 Å². The van der Waals surface area contributed by atoms with Crippen LogP contribution in [0.1, 0.15) is 56.7 Å². The molecule has 204 valence electrons. The first-order chi connectivity index (χ1) is 19.3. The lowest BCUT2D eigenvalue weighted by molar-refractivity contribution is 0.107. The Morgan fingerprint density at radius 3 is 2.52 bits per heavy atom. The van der Waals surface area contributed by atoms with Gasteiger partial charge in [0.2, 0.25) is 0 Å². The van der Waals surface area contributed by atoms with Crippen LogP contribution < -0.4 is 4.74 Å². The molecule has 2 fully saturated rings. The summed E-state index contributed by atoms with van der Waals surface area (Å²) in [6.07, 6.45) is 19.6. The summed E-state index contributed by atoms with van der Waals surface area (Å²) in [7, 11) is 0. The molecule has 2 saturated heterocycles. The number of pyridine rings is 1. The van der Waals surface area contributed by atoms with E-state index in [9.17, 15) is 9.50 Å². The molecule has 0 atom stereocenters. The standard InChI is InChI=1S/C30H28F2N4O2.C2H2/c1-4-20-23(31)8-7-18-13-19(37)14-21(24(18)20)27-25(32)28-22(15-33-27)26(17(2)3)34-29(35-28)38-16-30-9-5-11-36(30)12-6-10-30;1-2/h1,7-8,13-15,17,37H,5-6,9-12,16H2,2-3H3;1-2H. The molecule has 0 bridgehead atoms. The molecular weight excluding hydrogens is 510 g/mol. The summed E-state index contributed by atoms with van der Waals surface area (Å²) in [5.41, 5.74) is 0.762. The fourth-order valence-electron chi connectivity index (χ4n) is 6.16. The van der Waals surface area contributed by atoms with Crippen LogP contribution in [-0.2, 0) is 0 Å². The average molecular weight is 541 g/mol. The highest BCUT2D eigenvalue weighted by Gasteiger charge is 2.45. The minimum atomic E-state index is -0.711. The Labute approximate surface area is 232 Å². The predicted octanol–water partition coefficient (Wildman–Crippen LogP) is 6.19. The molecule has 4 heterocycles. The van der Waals surface area contributed by atoms with Crippen LogP contribution in [0.5, 0.6) is 11.8 Å². The Balaban J connectivity index is 0.00000158. The number of halogens is 2. The van der Waals surface area contributed by atoms with Crippen LogP contribution >= 0.6 is 0 Å². The second-order valence-corrected chi connectivity index (χ2v) is 10.6. The summed E-state index contributed by atoms with van der Waals surface area (Å²) in [4.78, 5) is 16.0. The van der Waals surface area contributed by atoms with Crippen LogP contribution in [0.3, 0.4) is 0 Å². The number of ether oxygens (including phenoxy) is 1. The molecule has 2 aromatic carbocycles. The lowest BCUT2D eigenvalue weighted by atomic mass is 9.95. The number of hydrogen-bond acceptors (Lipinski definition) is 6. The fourth-order valence-corrected chi connectivity index (χ4v) is 6.16. The van der Waals surface area contributed by atoms with Gasteiger partial charge in [0.15, 0.2) is 5.82 Å². The van der Waals surface area contributed by atoms with Crippen molar-refractivity contribution >= 4 is 21.7 Å². The maximum Gasteiger partial charge on any atom is 0.317 e. The number of terminal acetylenes is 2. The summed E-state index contributed by atoms with van der Waals surface area (Å²) in [6.45, 7) is 6.53. The Morgan fingerprint density at radius 2 is 1.85 bits per heavy atom. The van der Waals surface area contributed by atoms with Crippen molar-refractivity contribution in [3.05, 3.63) is 53.4 Å². The topological polar surface area (TPSA) is 71.4 Å². The number of aromatic hydroxyl groups is 1. The van der Waals surface area contributed by atoms with Crippen LogP contribution in [0.25, 0.3) is 32.9 Å². The molecule has 0 saturated carbocycles. The second-order valence-electron chi connectivity index (χ2n) is 10.6. The van der Waals surface area contributed by atoms with Crippen LogP contribution in [0.4, 0.5) is 8.78 Å². The van der Waals surface area contributed by atoms with E-state index in [1.807, 2.05) is 13.8 Å². The molecule has 0 spiro atoms. The van der Waals surface area contributed by atoms with Gasteiger partial charge in [0.1, 0.15) is 29.4 Å². The molecular formula is C32H30F2N4O2. The summed E-state index contributed by atoms with van der Waals surface area (Å²) in [5.74, 6) is 0.889. The number of nitrogens with zero attached hydrogens (tertiary/aromatic N) is 4. The zero-order chi connectivity index (χ0) is 28.6. The minimum absolute atomic E-state index is 0.00552. The molecule has 6 nitrogen and oxygen atoms in total. The van der Waals surface area contributed by atoms with Gasteiger partial charge in [-0.1, -0.05) is 25.8 Å². The van der Waals surface area contributed by atoms with E-state index in [1.165, 1.54) is 30.5 Å². The van der Waals surface area contributed by atoms with E-state index < -0.39 is 11.6 Å². The molecule has 0 aliphatic carbocycles. The minimum Gasteiger partial charge on any atom is -0.508 e. The average Bonchev–Trinajstić information content (AvgIpc) is 3.53. The smallest absolute Gasteiger partial charge is 0.317 e. The van der Waals surface area contributed by atoms with Gasteiger partial charge in [-0.05, 0) is 68.3 Å². The SMILES string of the molecule is C#C.C#Cc1c(F)ccc2cc(O)cc(-c3ncc4c(C(C)C)nc(OCC56CCCN5CCC6)nc4c3F)c12. The van der Waals surface area contributed by atoms with Gasteiger partial charge < -0.3 is 9.84 Å². The molecule has 0 unspecified atom stereocenters. The van der Waals surface area contributed by atoms with Gasteiger partial charge in [-0.15, -0.1) is 19.3 Å². The van der Waals surface area contributed by atoms with E-state index in [0.29, 0.717) is 28.5 Å². The van der Waals surface area contributed by atoms with Crippen molar-refractivity contribution in [1.29, 1.82) is 0 Å². The van der Waals surface area contributed by atoms with E-state index in [0.717, 1.165) is 38.8 Å². The number of rotatable bonds is 5. The quantitative estimate of drug-likeness (QED) is 0.305. The monoisotopic (exact) mass is 540 g/mol. The highest BCUT2D eigenvalue weighted by Crippen LogP contribution is 2.40. The number of aromatic nitrogens is 3. The zero-order valence-electron chi connectivity index (χ0n) is 22.5. The summed E-state index contributed by atoms with van der Waals surface area (Å²) >= 11 is 0. The van der Waals surface area contributed by atoms with Crippen molar-refractivity contribution in [2.24, 2.45) is 0 Å². The first-order valence-corrected chi connectivity index (χ1v) is 13.3. The summed E-state index contributed by atoms with van der Waals surface area (Å²) in [5, 5.41) is 11.6. The Hall–Kier alpha value is -4.27. The van der Waals surface area contributed by atoms with Gasteiger partial charge in [0, 0.05) is 22.5 Å². The molecule has 2 aromatic heterocycles. The van der Waals surface area contributed by atoms with E-state index in [-0.39, 0.29) is 45.6 Å². The van der Waals surface area contributed by atoms with Crippen molar-refractivity contribution in [3.63, 3.8) is 0 Å². The third-order valence-corrected chi connectivity index (χ3v) is 7.97. The predicted molar refractivity (Wildman–Crippen MR) is 152 cm³/mol. The van der Waals surface area contributed by atoms with Crippen molar-refractivity contribution in [2.45, 2.75) is 51.0 Å². The number of benzene rings is 2. The van der Waals surface area contributed by atoms with Crippen LogP contribution in [-0.4, -0.2) is 50.2 Å². The lowest BCUT2D eigenvalue weighted by Crippen LogP contribution is -2.43. The fraction of sp³-hybridized carbons (Fsp3) is 0.344. The van der Waals surface area contributed by atoms with Gasteiger partial charge >= 0.3 is 6.01 Å². The molecule has 2 aliphatic heterocycles. The molecule has 0 radical (unpaired) electrons. The zero-order valence-corrected chi connectivity index (χ0v) is 22.5. The highest BCUT2D eigenvalue weighted by molar-refractivity contribution is 6.02. The summed E-state index contributed by atoms with van der Waals surface area (Å²) in [6, 6.07) is 5.65. The maximum absolute atomic E-state index is 16.3.